The van der Waals surface area contributed by atoms with Gasteiger partial charge in [0.15, 0.2) is 23.0 Å². The molecule has 2 amide bonds. The van der Waals surface area contributed by atoms with Crippen molar-refractivity contribution in [3.8, 4) is 27.4 Å². The summed E-state index contributed by atoms with van der Waals surface area (Å²) in [5, 5.41) is 4.30. The van der Waals surface area contributed by atoms with Gasteiger partial charge in [-0.1, -0.05) is 66.9 Å². The van der Waals surface area contributed by atoms with E-state index in [0.717, 1.165) is 43.2 Å². The fourth-order valence-corrected chi connectivity index (χ4v) is 7.83. The number of hydrogen-bond acceptors (Lipinski definition) is 9. The van der Waals surface area contributed by atoms with Crippen LogP contribution in [0.15, 0.2) is 63.6 Å². The smallest absolute Gasteiger partial charge is 0.351 e. The zero-order valence-electron chi connectivity index (χ0n) is 28.0. The zero-order valence-corrected chi connectivity index (χ0v) is 30.4. The summed E-state index contributed by atoms with van der Waals surface area (Å²) in [6.45, 7) is 6.72. The molecular formula is C36H40BrN3O7S. The second-order valence-corrected chi connectivity index (χ2v) is 14.4. The number of nitrogens with zero attached hydrogens (tertiary/aromatic N) is 3. The van der Waals surface area contributed by atoms with Crippen molar-refractivity contribution in [2.45, 2.75) is 71.4 Å². The van der Waals surface area contributed by atoms with E-state index in [1.54, 1.807) is 39.6 Å². The number of amides is 2. The van der Waals surface area contributed by atoms with Crippen LogP contribution in [0.3, 0.4) is 0 Å². The molecule has 1 fully saturated rings. The molecule has 0 atom stereocenters. The Morgan fingerprint density at radius 3 is 2.38 bits per heavy atom. The van der Waals surface area contributed by atoms with Gasteiger partial charge in [0.2, 0.25) is 0 Å². The van der Waals surface area contributed by atoms with Gasteiger partial charge in [0, 0.05) is 24.3 Å². The maximum absolute atomic E-state index is 14.6. The minimum absolute atomic E-state index is 0.0191. The predicted octanol–water partition coefficient (Wildman–Crippen LogP) is 9.04. The van der Waals surface area contributed by atoms with E-state index in [2.05, 4.69) is 21.1 Å². The standard InChI is InChI=1S/C36H40BrN3O7S/c1-22-30(29(38-47-22)23-14-9-7-10-15-23)39(5)35(43)40(25-17-11-8-12-18-25)26-19-13-16-24(20-26)32-28(37)31(33(48-32)34(42)44-6)45-21-27(41)46-36(2,3)4/h7,9-10,13-16,19-20,25H,8,11-12,17-18,21H2,1-6H3. The fourth-order valence-electron chi connectivity index (χ4n) is 5.86. The number of urea groups is 1. The van der Waals surface area contributed by atoms with Gasteiger partial charge in [0.25, 0.3) is 0 Å². The van der Waals surface area contributed by atoms with Crippen LogP contribution in [0.5, 0.6) is 5.75 Å². The lowest BCUT2D eigenvalue weighted by atomic mass is 9.93. The van der Waals surface area contributed by atoms with Gasteiger partial charge in [-0.2, -0.15) is 0 Å². The normalized spacial score (nSPS) is 13.6. The van der Waals surface area contributed by atoms with Gasteiger partial charge >= 0.3 is 18.0 Å². The van der Waals surface area contributed by atoms with Crippen molar-refractivity contribution in [1.29, 1.82) is 0 Å². The van der Waals surface area contributed by atoms with Gasteiger partial charge in [0.05, 0.1) is 16.5 Å². The lowest BCUT2D eigenvalue weighted by Gasteiger charge is -2.37. The van der Waals surface area contributed by atoms with E-state index < -0.39 is 17.5 Å². The van der Waals surface area contributed by atoms with Crippen LogP contribution in [0.2, 0.25) is 0 Å². The van der Waals surface area contributed by atoms with E-state index in [9.17, 15) is 14.4 Å². The van der Waals surface area contributed by atoms with Crippen molar-refractivity contribution in [3.05, 3.63) is 69.7 Å². The number of ether oxygens (including phenoxy) is 3. The summed E-state index contributed by atoms with van der Waals surface area (Å²) >= 11 is 4.80. The molecule has 2 aromatic heterocycles. The molecule has 0 saturated heterocycles. The highest BCUT2D eigenvalue weighted by atomic mass is 79.9. The summed E-state index contributed by atoms with van der Waals surface area (Å²) in [7, 11) is 3.04. The van der Waals surface area contributed by atoms with Crippen molar-refractivity contribution in [1.82, 2.24) is 5.16 Å². The number of carbonyl (C=O) groups is 3. The van der Waals surface area contributed by atoms with E-state index in [1.807, 2.05) is 59.5 Å². The Hall–Kier alpha value is -4.16. The lowest BCUT2D eigenvalue weighted by molar-refractivity contribution is -0.157. The van der Waals surface area contributed by atoms with Crippen LogP contribution in [0.1, 0.15) is 68.3 Å². The first-order valence-electron chi connectivity index (χ1n) is 15.8. The molecule has 0 bridgehead atoms. The summed E-state index contributed by atoms with van der Waals surface area (Å²) in [4.78, 5) is 44.2. The van der Waals surface area contributed by atoms with Crippen molar-refractivity contribution in [3.63, 3.8) is 0 Å². The molecule has 0 spiro atoms. The monoisotopic (exact) mass is 737 g/mol. The van der Waals surface area contributed by atoms with Gasteiger partial charge in [-0.05, 0) is 74.2 Å². The van der Waals surface area contributed by atoms with E-state index in [1.165, 1.54) is 18.4 Å². The van der Waals surface area contributed by atoms with Crippen molar-refractivity contribution in [2.24, 2.45) is 0 Å². The number of aromatic nitrogens is 1. The third-order valence-electron chi connectivity index (χ3n) is 7.97. The summed E-state index contributed by atoms with van der Waals surface area (Å²) in [6.07, 6.45) is 4.92. The number of rotatable bonds is 9. The van der Waals surface area contributed by atoms with Crippen LogP contribution in [-0.2, 0) is 14.3 Å². The Morgan fingerprint density at radius 2 is 1.71 bits per heavy atom. The molecule has 1 saturated carbocycles. The lowest BCUT2D eigenvalue weighted by Crippen LogP contribution is -2.48. The minimum atomic E-state index is -0.686. The highest BCUT2D eigenvalue weighted by molar-refractivity contribution is 9.10. The summed E-state index contributed by atoms with van der Waals surface area (Å²) < 4.78 is 22.4. The molecule has 2 aromatic carbocycles. The molecule has 2 heterocycles. The fraction of sp³-hybridized carbons (Fsp3) is 0.389. The third-order valence-corrected chi connectivity index (χ3v) is 10.2. The van der Waals surface area contributed by atoms with Gasteiger partial charge in [0.1, 0.15) is 17.0 Å². The average molecular weight is 739 g/mol. The van der Waals surface area contributed by atoms with E-state index in [-0.39, 0.29) is 29.3 Å². The van der Waals surface area contributed by atoms with Crippen LogP contribution in [0.4, 0.5) is 16.2 Å². The maximum atomic E-state index is 14.6. The van der Waals surface area contributed by atoms with E-state index in [4.69, 9.17) is 18.7 Å². The topological polar surface area (TPSA) is 111 Å². The second kappa shape index (κ2) is 14.9. The first-order chi connectivity index (χ1) is 22.9. The second-order valence-electron chi connectivity index (χ2n) is 12.6. The number of benzene rings is 2. The van der Waals surface area contributed by atoms with Crippen molar-refractivity contribution in [2.75, 3.05) is 30.6 Å². The largest absolute Gasteiger partial charge is 0.479 e. The SMILES string of the molecule is COC(=O)c1sc(-c2cccc(N(C(=O)N(C)c3c(-c4ccccc4)noc3C)C3CCCCC3)c2)c(Br)c1OCC(=O)OC(C)(C)C. The number of thiophene rings is 1. The van der Waals surface area contributed by atoms with Crippen LogP contribution < -0.4 is 14.5 Å². The van der Waals surface area contributed by atoms with Crippen LogP contribution >= 0.6 is 27.3 Å². The molecule has 4 aromatic rings. The number of carbonyl (C=O) groups excluding carboxylic acids is 3. The third kappa shape index (κ3) is 7.76. The average Bonchev–Trinajstić information content (AvgIpc) is 3.62. The molecule has 1 aliphatic carbocycles. The predicted molar refractivity (Wildman–Crippen MR) is 190 cm³/mol. The van der Waals surface area contributed by atoms with Crippen LogP contribution in [-0.4, -0.2) is 55.5 Å². The summed E-state index contributed by atoms with van der Waals surface area (Å²) in [5.41, 5.74) is 2.83. The molecule has 48 heavy (non-hydrogen) atoms. The zero-order chi connectivity index (χ0) is 34.6. The number of hydrogen-bond donors (Lipinski definition) is 0. The molecule has 1 aliphatic rings. The van der Waals surface area contributed by atoms with Crippen molar-refractivity contribution >= 4 is 56.6 Å². The summed E-state index contributed by atoms with van der Waals surface area (Å²) in [5.74, 6) is -0.432. The summed E-state index contributed by atoms with van der Waals surface area (Å²) in [6, 6.07) is 17.1. The highest BCUT2D eigenvalue weighted by Gasteiger charge is 2.33. The molecule has 10 nitrogen and oxygen atoms in total. The van der Waals surface area contributed by atoms with Gasteiger partial charge in [-0.25, -0.2) is 14.4 Å². The van der Waals surface area contributed by atoms with Gasteiger partial charge in [-0.3, -0.25) is 9.80 Å². The van der Waals surface area contributed by atoms with E-state index >= 15 is 0 Å². The van der Waals surface area contributed by atoms with Crippen LogP contribution in [0.25, 0.3) is 21.7 Å². The van der Waals surface area contributed by atoms with Crippen molar-refractivity contribution < 1.29 is 33.1 Å². The molecule has 5 rings (SSSR count). The quantitative estimate of drug-likeness (QED) is 0.157. The maximum Gasteiger partial charge on any atom is 0.351 e. The number of esters is 2. The molecule has 12 heteroatoms. The number of anilines is 2. The van der Waals surface area contributed by atoms with Gasteiger partial charge in [-0.15, -0.1) is 11.3 Å². The van der Waals surface area contributed by atoms with E-state index in [0.29, 0.717) is 32.2 Å². The Labute approximate surface area is 293 Å². The highest BCUT2D eigenvalue weighted by Crippen LogP contribution is 2.47. The number of aryl methyl sites for hydroxylation is 1. The molecule has 254 valence electrons. The first kappa shape index (κ1) is 35.2. The molecular weight excluding hydrogens is 698 g/mol. The Morgan fingerprint density at radius 1 is 1.02 bits per heavy atom. The first-order valence-corrected chi connectivity index (χ1v) is 17.4. The number of methoxy groups -OCH3 is 1. The molecule has 0 radical (unpaired) electrons. The Kier molecular flexibility index (Phi) is 10.9. The molecule has 0 aliphatic heterocycles. The Bertz CT molecular complexity index is 1770. The minimum Gasteiger partial charge on any atom is -0.479 e. The van der Waals surface area contributed by atoms with Crippen LogP contribution in [0, 0.1) is 6.92 Å². The van der Waals surface area contributed by atoms with Gasteiger partial charge < -0.3 is 18.7 Å². The molecule has 0 unspecified atom stereocenters. The number of halogens is 1. The Balaban J connectivity index is 1.52. The molecule has 0 N–H and O–H groups in total.